The van der Waals surface area contributed by atoms with Gasteiger partial charge in [-0.15, -0.1) is 0 Å². The molecule has 0 unspecified atom stereocenters. The maximum absolute atomic E-state index is 12.6. The third-order valence-corrected chi connectivity index (χ3v) is 6.21. The van der Waals surface area contributed by atoms with Crippen LogP contribution < -0.4 is 10.2 Å². The summed E-state index contributed by atoms with van der Waals surface area (Å²) in [5.41, 5.74) is 3.53. The zero-order valence-corrected chi connectivity index (χ0v) is 18.3. The third-order valence-electron chi connectivity index (χ3n) is 5.84. The van der Waals surface area contributed by atoms with E-state index in [1.54, 1.807) is 0 Å². The van der Waals surface area contributed by atoms with Crippen molar-refractivity contribution in [1.82, 2.24) is 10.2 Å². The van der Waals surface area contributed by atoms with E-state index in [-0.39, 0.29) is 11.8 Å². The number of piperidine rings is 1. The van der Waals surface area contributed by atoms with Gasteiger partial charge in [0.25, 0.3) is 0 Å². The summed E-state index contributed by atoms with van der Waals surface area (Å²) < 4.78 is 0. The molecule has 4 nitrogen and oxygen atoms in total. The molecule has 1 heterocycles. The largest absolute Gasteiger partial charge is 0.372 e. The molecule has 0 radical (unpaired) electrons. The van der Waals surface area contributed by atoms with Gasteiger partial charge in [-0.3, -0.25) is 9.69 Å². The second kappa shape index (κ2) is 10.7. The number of rotatable bonds is 8. The van der Waals surface area contributed by atoms with Crippen LogP contribution >= 0.6 is 11.6 Å². The molecule has 3 rings (SSSR count). The minimum Gasteiger partial charge on any atom is -0.372 e. The van der Waals surface area contributed by atoms with Crippen LogP contribution in [-0.2, 0) is 17.9 Å². The summed E-state index contributed by atoms with van der Waals surface area (Å²) >= 11 is 6.27. The Morgan fingerprint density at radius 3 is 2.34 bits per heavy atom. The Bertz CT molecular complexity index is 781. The highest BCUT2D eigenvalue weighted by molar-refractivity contribution is 6.31. The molecule has 1 amide bonds. The topological polar surface area (TPSA) is 35.6 Å². The molecule has 0 spiro atoms. The van der Waals surface area contributed by atoms with Crippen molar-refractivity contribution in [2.24, 2.45) is 5.92 Å². The van der Waals surface area contributed by atoms with Gasteiger partial charge in [0, 0.05) is 42.8 Å². The Labute approximate surface area is 179 Å². The molecule has 2 aromatic carbocycles. The highest BCUT2D eigenvalue weighted by Crippen LogP contribution is 2.22. The summed E-state index contributed by atoms with van der Waals surface area (Å²) in [4.78, 5) is 17.3. The van der Waals surface area contributed by atoms with Crippen molar-refractivity contribution in [2.45, 2.75) is 39.8 Å². The molecule has 1 saturated heterocycles. The molecular weight excluding hydrogens is 382 g/mol. The van der Waals surface area contributed by atoms with Crippen molar-refractivity contribution in [3.05, 3.63) is 64.7 Å². The number of nitrogens with zero attached hydrogens (tertiary/aromatic N) is 2. The number of amides is 1. The normalized spacial score (nSPS) is 15.3. The molecule has 0 saturated carbocycles. The predicted molar refractivity (Wildman–Crippen MR) is 121 cm³/mol. The molecule has 0 atom stereocenters. The summed E-state index contributed by atoms with van der Waals surface area (Å²) in [6.07, 6.45) is 1.80. The van der Waals surface area contributed by atoms with Crippen LogP contribution in [0.3, 0.4) is 0 Å². The summed E-state index contributed by atoms with van der Waals surface area (Å²) in [7, 11) is 0. The Balaban J connectivity index is 1.43. The minimum atomic E-state index is 0.104. The van der Waals surface area contributed by atoms with Gasteiger partial charge in [0.15, 0.2) is 0 Å². The first kappa shape index (κ1) is 21.7. The fourth-order valence-corrected chi connectivity index (χ4v) is 4.16. The van der Waals surface area contributed by atoms with Crippen molar-refractivity contribution in [2.75, 3.05) is 31.1 Å². The van der Waals surface area contributed by atoms with Crippen molar-refractivity contribution >= 4 is 23.2 Å². The lowest BCUT2D eigenvalue weighted by Gasteiger charge is -2.31. The maximum Gasteiger partial charge on any atom is 0.223 e. The SMILES string of the molecule is CCN(CC)c1ccc(CNC(=O)C2CCN(Cc3ccccc3Cl)CC2)cc1. The quantitative estimate of drug-likeness (QED) is 0.680. The first-order valence-electron chi connectivity index (χ1n) is 10.7. The Kier molecular flexibility index (Phi) is 7.96. The summed E-state index contributed by atoms with van der Waals surface area (Å²) in [6.45, 7) is 9.64. The second-order valence-electron chi connectivity index (χ2n) is 7.70. The van der Waals surface area contributed by atoms with E-state index < -0.39 is 0 Å². The summed E-state index contributed by atoms with van der Waals surface area (Å²) in [5.74, 6) is 0.280. The molecule has 5 heteroatoms. The van der Waals surface area contributed by atoms with E-state index in [0.29, 0.717) is 6.54 Å². The van der Waals surface area contributed by atoms with Gasteiger partial charge >= 0.3 is 0 Å². The average molecular weight is 414 g/mol. The summed E-state index contributed by atoms with van der Waals surface area (Å²) in [5, 5.41) is 3.95. The lowest BCUT2D eigenvalue weighted by Crippen LogP contribution is -2.40. The van der Waals surface area contributed by atoms with Gasteiger partial charge in [-0.05, 0) is 69.1 Å². The number of nitrogens with one attached hydrogen (secondary N) is 1. The maximum atomic E-state index is 12.6. The number of hydrogen-bond donors (Lipinski definition) is 1. The van der Waals surface area contributed by atoms with Crippen LogP contribution in [0.1, 0.15) is 37.8 Å². The van der Waals surface area contributed by atoms with Crippen LogP contribution in [0.15, 0.2) is 48.5 Å². The van der Waals surface area contributed by atoms with E-state index in [9.17, 15) is 4.79 Å². The first-order chi connectivity index (χ1) is 14.1. The van der Waals surface area contributed by atoms with Crippen LogP contribution in [0.2, 0.25) is 5.02 Å². The van der Waals surface area contributed by atoms with E-state index in [4.69, 9.17) is 11.6 Å². The highest BCUT2D eigenvalue weighted by Gasteiger charge is 2.25. The number of carbonyl (C=O) groups excluding carboxylic acids is 1. The summed E-state index contributed by atoms with van der Waals surface area (Å²) in [6, 6.07) is 16.5. The lowest BCUT2D eigenvalue weighted by molar-refractivity contribution is -0.126. The van der Waals surface area contributed by atoms with E-state index in [1.165, 1.54) is 5.69 Å². The number of benzene rings is 2. The fourth-order valence-electron chi connectivity index (χ4n) is 3.97. The van der Waals surface area contributed by atoms with Crippen LogP contribution in [0, 0.1) is 5.92 Å². The van der Waals surface area contributed by atoms with E-state index >= 15 is 0 Å². The van der Waals surface area contributed by atoms with Gasteiger partial charge in [0.1, 0.15) is 0 Å². The molecule has 29 heavy (non-hydrogen) atoms. The van der Waals surface area contributed by atoms with Gasteiger partial charge in [-0.25, -0.2) is 0 Å². The second-order valence-corrected chi connectivity index (χ2v) is 8.11. The fraction of sp³-hybridized carbons (Fsp3) is 0.458. The Morgan fingerprint density at radius 2 is 1.72 bits per heavy atom. The number of anilines is 1. The van der Waals surface area contributed by atoms with Crippen molar-refractivity contribution in [3.8, 4) is 0 Å². The van der Waals surface area contributed by atoms with Gasteiger partial charge < -0.3 is 10.2 Å². The Hall–Kier alpha value is -2.04. The lowest BCUT2D eigenvalue weighted by atomic mass is 9.95. The molecular formula is C24H32ClN3O. The van der Waals surface area contributed by atoms with Crippen LogP contribution in [0.25, 0.3) is 0 Å². The van der Waals surface area contributed by atoms with Crippen LogP contribution in [0.4, 0.5) is 5.69 Å². The predicted octanol–water partition coefficient (Wildman–Crippen LogP) is 4.71. The Morgan fingerprint density at radius 1 is 1.07 bits per heavy atom. The van der Waals surface area contributed by atoms with E-state index in [0.717, 1.165) is 61.7 Å². The van der Waals surface area contributed by atoms with Crippen LogP contribution in [0.5, 0.6) is 0 Å². The molecule has 1 N–H and O–H groups in total. The van der Waals surface area contributed by atoms with Gasteiger partial charge in [0.05, 0.1) is 0 Å². The zero-order chi connectivity index (χ0) is 20.6. The average Bonchev–Trinajstić information content (AvgIpc) is 2.76. The molecule has 2 aromatic rings. The molecule has 156 valence electrons. The monoisotopic (exact) mass is 413 g/mol. The van der Waals surface area contributed by atoms with Gasteiger partial charge in [0.2, 0.25) is 5.91 Å². The van der Waals surface area contributed by atoms with Gasteiger partial charge in [-0.2, -0.15) is 0 Å². The van der Waals surface area contributed by atoms with Crippen molar-refractivity contribution in [3.63, 3.8) is 0 Å². The van der Waals surface area contributed by atoms with E-state index in [1.807, 2.05) is 18.2 Å². The number of likely N-dealkylation sites (tertiary alicyclic amines) is 1. The van der Waals surface area contributed by atoms with Crippen LogP contribution in [-0.4, -0.2) is 37.0 Å². The highest BCUT2D eigenvalue weighted by atomic mass is 35.5. The molecule has 1 fully saturated rings. The minimum absolute atomic E-state index is 0.104. The van der Waals surface area contributed by atoms with Crippen molar-refractivity contribution < 1.29 is 4.79 Å². The molecule has 1 aliphatic heterocycles. The number of hydrogen-bond acceptors (Lipinski definition) is 3. The molecule has 0 bridgehead atoms. The third kappa shape index (κ3) is 5.97. The molecule has 0 aromatic heterocycles. The zero-order valence-electron chi connectivity index (χ0n) is 17.5. The number of carbonyl (C=O) groups is 1. The van der Waals surface area contributed by atoms with Gasteiger partial charge in [-0.1, -0.05) is 41.9 Å². The smallest absolute Gasteiger partial charge is 0.223 e. The van der Waals surface area contributed by atoms with Crippen molar-refractivity contribution in [1.29, 1.82) is 0 Å². The number of halogens is 1. The molecule has 1 aliphatic rings. The van der Waals surface area contributed by atoms with E-state index in [2.05, 4.69) is 59.3 Å². The first-order valence-corrected chi connectivity index (χ1v) is 11.1. The standard InChI is InChI=1S/C24H32ClN3O/c1-3-28(4-2)22-11-9-19(10-12-22)17-26-24(29)20-13-15-27(16-14-20)18-21-7-5-6-8-23(21)25/h5-12,20H,3-4,13-18H2,1-2H3,(H,26,29). The molecule has 0 aliphatic carbocycles.